The number of hydrogen-bond donors (Lipinski definition) is 7. The highest BCUT2D eigenvalue weighted by atomic mass is 127. The molecule has 0 saturated heterocycles. The van der Waals surface area contributed by atoms with Crippen LogP contribution >= 0.6 is 45.2 Å². The van der Waals surface area contributed by atoms with Crippen molar-refractivity contribution in [2.75, 3.05) is 7.11 Å². The van der Waals surface area contributed by atoms with Crippen molar-refractivity contribution in [2.24, 2.45) is 17.2 Å². The van der Waals surface area contributed by atoms with E-state index in [1.54, 1.807) is 0 Å². The summed E-state index contributed by atoms with van der Waals surface area (Å²) >= 11 is -0.773. The molecular formula is C18H28I2N5O6S2-. The number of aliphatic hydroxyl groups is 1. The Morgan fingerprint density at radius 3 is 1.64 bits per heavy atom. The number of halogens is 2. The number of benzene rings is 2. The van der Waals surface area contributed by atoms with E-state index in [0.717, 1.165) is 13.5 Å². The molecule has 0 heterocycles. The van der Waals surface area contributed by atoms with Crippen LogP contribution in [-0.4, -0.2) is 45.4 Å². The number of aryl methyl sites for hydroxylation is 1. The van der Waals surface area contributed by atoms with E-state index >= 15 is 0 Å². The van der Waals surface area contributed by atoms with Gasteiger partial charge in [0.15, 0.2) is 0 Å². The van der Waals surface area contributed by atoms with Crippen LogP contribution in [0.5, 0.6) is 0 Å². The van der Waals surface area contributed by atoms with Crippen molar-refractivity contribution >= 4 is 78.8 Å². The third-order valence-corrected chi connectivity index (χ3v) is 4.59. The second kappa shape index (κ2) is 23.9. The molecule has 0 radical (unpaired) electrons. The summed E-state index contributed by atoms with van der Waals surface area (Å²) in [7, 11) is 1.00. The fourth-order valence-corrected chi connectivity index (χ4v) is 2.82. The molecule has 0 fully saturated rings. The highest BCUT2D eigenvalue weighted by Crippen LogP contribution is 2.07. The first kappa shape index (κ1) is 36.4. The average molecular weight is 728 g/mol. The van der Waals surface area contributed by atoms with Crippen molar-refractivity contribution < 1.29 is 32.2 Å². The fraction of sp³-hybridized carbons (Fsp3) is 0.222. The molecule has 0 aliphatic carbocycles. The Hall–Kier alpha value is -1.22. The van der Waals surface area contributed by atoms with Gasteiger partial charge in [-0.1, -0.05) is 31.2 Å². The van der Waals surface area contributed by atoms with Gasteiger partial charge in [-0.25, -0.2) is 4.21 Å². The van der Waals surface area contributed by atoms with Crippen LogP contribution in [0.3, 0.4) is 0 Å². The summed E-state index contributed by atoms with van der Waals surface area (Å²) in [6.45, 7) is 2.85. The zero-order chi connectivity index (χ0) is 26.4. The molecule has 2 aromatic carbocycles. The minimum Gasteiger partial charge on any atom is -0.784 e. The maximum absolute atomic E-state index is 9.46. The second-order valence-electron chi connectivity index (χ2n) is 5.24. The summed E-state index contributed by atoms with van der Waals surface area (Å²) < 4.78 is 45.1. The van der Waals surface area contributed by atoms with E-state index in [4.69, 9.17) is 39.9 Å². The van der Waals surface area contributed by atoms with Gasteiger partial charge in [-0.05, 0) is 87.0 Å². The molecule has 33 heavy (non-hydrogen) atoms. The molecule has 15 heteroatoms. The van der Waals surface area contributed by atoms with Gasteiger partial charge in [0, 0.05) is 14.3 Å². The quantitative estimate of drug-likeness (QED) is 0.0950. The summed E-state index contributed by atoms with van der Waals surface area (Å²) in [6, 6.07) is 16.7. The Morgan fingerprint density at radius 1 is 1.00 bits per heavy atom. The number of guanidine groups is 1. The van der Waals surface area contributed by atoms with Gasteiger partial charge >= 0.3 is 5.96 Å². The zero-order valence-corrected chi connectivity index (χ0v) is 23.8. The first-order valence-corrected chi connectivity index (χ1v) is 12.9. The summed E-state index contributed by atoms with van der Waals surface area (Å²) in [6.07, 6.45) is 1.14. The fourth-order valence-electron chi connectivity index (χ4n) is 1.61. The smallest absolute Gasteiger partial charge is 0.339 e. The number of nitrogens with one attached hydrogen (secondary N) is 2. The number of rotatable bonds is 3. The van der Waals surface area contributed by atoms with E-state index in [2.05, 4.69) is 93.2 Å². The minimum atomic E-state index is -3.11. The van der Waals surface area contributed by atoms with E-state index in [1.807, 2.05) is 18.2 Å². The molecule has 0 spiro atoms. The van der Waals surface area contributed by atoms with Crippen molar-refractivity contribution in [3.63, 3.8) is 0 Å². The van der Waals surface area contributed by atoms with Crippen LogP contribution in [0, 0.1) is 12.5 Å². The van der Waals surface area contributed by atoms with Crippen LogP contribution in [0.15, 0.2) is 48.5 Å². The third-order valence-electron chi connectivity index (χ3n) is 2.87. The van der Waals surface area contributed by atoms with Crippen molar-refractivity contribution in [1.29, 1.82) is 5.41 Å². The summed E-state index contributed by atoms with van der Waals surface area (Å²) in [5.74, 6) is 0.258. The molecular weight excluding hydrogens is 700 g/mol. The Balaban J connectivity index is -0.000000380. The van der Waals surface area contributed by atoms with Gasteiger partial charge < -0.3 is 19.9 Å². The van der Waals surface area contributed by atoms with Gasteiger partial charge in [-0.2, -0.15) is 0 Å². The SMILES string of the molecule is CCc1cccc(I)c1.CO.N=C(N)S(=O)O.NC(N)=[NH+]Cc1cccc(I)c1.O=S([O-])[O-]. The van der Waals surface area contributed by atoms with E-state index in [9.17, 15) is 4.21 Å². The van der Waals surface area contributed by atoms with Crippen molar-refractivity contribution in [1.82, 2.24) is 0 Å². The molecule has 0 bridgehead atoms. The lowest BCUT2D eigenvalue weighted by Gasteiger charge is -2.03. The lowest BCUT2D eigenvalue weighted by Crippen LogP contribution is -2.76. The van der Waals surface area contributed by atoms with Crippen molar-refractivity contribution in [2.45, 2.75) is 19.9 Å². The Kier molecular flexibility index (Phi) is 26.4. The van der Waals surface area contributed by atoms with Crippen molar-refractivity contribution in [3.05, 3.63) is 66.8 Å². The van der Waals surface area contributed by atoms with Gasteiger partial charge in [0.05, 0.1) is 6.54 Å². The van der Waals surface area contributed by atoms with Crippen LogP contribution in [-0.2, 0) is 35.4 Å². The predicted molar refractivity (Wildman–Crippen MR) is 146 cm³/mol. The van der Waals surface area contributed by atoms with E-state index in [1.165, 1.54) is 18.3 Å². The monoisotopic (exact) mass is 728 g/mol. The molecule has 0 aliphatic rings. The van der Waals surface area contributed by atoms with Crippen molar-refractivity contribution in [3.8, 4) is 0 Å². The highest BCUT2D eigenvalue weighted by molar-refractivity contribution is 14.1. The summed E-state index contributed by atoms with van der Waals surface area (Å²) in [5.41, 5.74) is 17.6. The third kappa shape index (κ3) is 28.7. The lowest BCUT2D eigenvalue weighted by molar-refractivity contribution is -0.477. The number of amidine groups is 1. The Labute approximate surface area is 225 Å². The average Bonchev–Trinajstić information content (AvgIpc) is 2.74. The molecule has 188 valence electrons. The summed E-state index contributed by atoms with van der Waals surface area (Å²) in [4.78, 5) is 2.86. The van der Waals surface area contributed by atoms with E-state index in [-0.39, 0.29) is 5.96 Å². The second-order valence-corrected chi connectivity index (χ2v) is 9.08. The van der Waals surface area contributed by atoms with E-state index < -0.39 is 27.6 Å². The first-order chi connectivity index (χ1) is 15.4. The Bertz CT molecular complexity index is 871. The highest BCUT2D eigenvalue weighted by Gasteiger charge is 1.93. The Morgan fingerprint density at radius 2 is 1.36 bits per heavy atom. The van der Waals surface area contributed by atoms with Crippen LogP contribution in [0.1, 0.15) is 18.1 Å². The van der Waals surface area contributed by atoms with Crippen LogP contribution in [0.4, 0.5) is 0 Å². The largest absolute Gasteiger partial charge is 0.784 e. The maximum atomic E-state index is 9.46. The van der Waals surface area contributed by atoms with Crippen LogP contribution in [0.25, 0.3) is 0 Å². The minimum absolute atomic E-state index is 0.258. The predicted octanol–water partition coefficient (Wildman–Crippen LogP) is -0.295. The normalized spacial score (nSPS) is 9.73. The molecule has 10 N–H and O–H groups in total. The molecule has 0 aromatic heterocycles. The van der Waals surface area contributed by atoms with Gasteiger partial charge in [0.1, 0.15) is 0 Å². The topological polar surface area (TPSA) is 237 Å². The first-order valence-electron chi connectivity index (χ1n) is 8.66. The molecule has 2 rings (SSSR count). The van der Waals surface area contributed by atoms with Crippen LogP contribution < -0.4 is 22.2 Å². The maximum Gasteiger partial charge on any atom is 0.339 e. The van der Waals surface area contributed by atoms with Gasteiger partial charge in [0.2, 0.25) is 16.2 Å². The number of nitrogens with two attached hydrogens (primary N) is 3. The summed E-state index contributed by atoms with van der Waals surface area (Å²) in [5, 5.41) is 12.5. The van der Waals surface area contributed by atoms with Gasteiger partial charge in [0.25, 0.3) is 0 Å². The molecule has 0 aliphatic heterocycles. The zero-order valence-electron chi connectivity index (χ0n) is 17.9. The van der Waals surface area contributed by atoms with Gasteiger partial charge in [-0.15, -0.1) is 11.4 Å². The van der Waals surface area contributed by atoms with E-state index in [0.29, 0.717) is 6.54 Å². The lowest BCUT2D eigenvalue weighted by atomic mass is 10.2. The van der Waals surface area contributed by atoms with Gasteiger partial charge in [-0.3, -0.25) is 30.6 Å². The molecule has 0 saturated carbocycles. The molecule has 2 aromatic rings. The molecule has 1 unspecified atom stereocenters. The molecule has 0 amide bonds. The van der Waals surface area contributed by atoms with Crippen LogP contribution in [0.2, 0.25) is 0 Å². The standard InChI is InChI=1S/C8H10IN3.C8H9I.CH4N2O2S.CH4O.H2O3S/c9-7-3-1-2-6(4-7)5-12-8(10)11;1-2-7-4-3-5-8(9)6-7;2-1(3)6(4)5;1-2;1-4(2)3/h1-4H,5H2,(H4,10,11,12);3-6H,2H2,1H3;(H3,2,3)(H,4,5);2H,1H3;(H2,1,2,3)/p-1. The molecule has 1 atom stereocenters. The molecule has 11 nitrogen and oxygen atoms in total. The number of hydrogen-bond acceptors (Lipinski definition) is 6. The number of aliphatic hydroxyl groups excluding tert-OH is 1.